The number of rotatable bonds is 12. The molecule has 4 unspecified atom stereocenters. The van der Waals surface area contributed by atoms with Crippen molar-refractivity contribution in [2.75, 3.05) is 24.5 Å². The summed E-state index contributed by atoms with van der Waals surface area (Å²) in [6.07, 6.45) is 5.98. The van der Waals surface area contributed by atoms with Gasteiger partial charge in [0, 0.05) is 68.9 Å². The van der Waals surface area contributed by atoms with Gasteiger partial charge in [-0.3, -0.25) is 20.5 Å². The zero-order valence-corrected chi connectivity index (χ0v) is 28.0. The lowest BCUT2D eigenvalue weighted by Crippen LogP contribution is -2.57. The summed E-state index contributed by atoms with van der Waals surface area (Å²) >= 11 is 0. The lowest BCUT2D eigenvalue weighted by molar-refractivity contribution is -0.130. The van der Waals surface area contributed by atoms with Crippen molar-refractivity contribution >= 4 is 29.5 Å². The normalized spacial score (nSPS) is 22.8. The molecule has 2 saturated heterocycles. The van der Waals surface area contributed by atoms with E-state index in [0.717, 1.165) is 31.4 Å². The predicted octanol–water partition coefficient (Wildman–Crippen LogP) is 5.59. The third-order valence-electron chi connectivity index (χ3n) is 10.3. The van der Waals surface area contributed by atoms with Gasteiger partial charge in [0.1, 0.15) is 5.84 Å². The topological polar surface area (TPSA) is 150 Å². The molecular formula is C35H48F2N8O3. The molecule has 5 rings (SSSR count). The van der Waals surface area contributed by atoms with Crippen LogP contribution < -0.4 is 10.2 Å². The van der Waals surface area contributed by atoms with Crippen LogP contribution in [0.4, 0.5) is 14.7 Å². The molecule has 0 spiro atoms. The van der Waals surface area contributed by atoms with Crippen molar-refractivity contribution < 1.29 is 23.5 Å². The van der Waals surface area contributed by atoms with Gasteiger partial charge in [-0.1, -0.05) is 30.3 Å². The Morgan fingerprint density at radius 1 is 1.06 bits per heavy atom. The number of nitrogens with zero attached hydrogens (tertiary/aromatic N) is 5. The zero-order valence-electron chi connectivity index (χ0n) is 28.0. The van der Waals surface area contributed by atoms with E-state index in [0.29, 0.717) is 43.2 Å². The van der Waals surface area contributed by atoms with Crippen LogP contribution in [-0.4, -0.2) is 92.1 Å². The van der Waals surface area contributed by atoms with Gasteiger partial charge in [-0.2, -0.15) is 0 Å². The van der Waals surface area contributed by atoms with Gasteiger partial charge in [0.15, 0.2) is 0 Å². The highest BCUT2D eigenvalue weighted by Crippen LogP contribution is 2.37. The molecule has 3 fully saturated rings. The number of amidine groups is 2. The van der Waals surface area contributed by atoms with Crippen LogP contribution in [0, 0.1) is 22.7 Å². The number of benzene rings is 1. The van der Waals surface area contributed by atoms with Crippen LogP contribution in [0.2, 0.25) is 0 Å². The Hall–Kier alpha value is -4.00. The van der Waals surface area contributed by atoms with E-state index in [1.807, 2.05) is 40.1 Å². The molecule has 0 radical (unpaired) electrons. The lowest BCUT2D eigenvalue weighted by atomic mass is 9.86. The summed E-state index contributed by atoms with van der Waals surface area (Å²) in [5.41, 5.74) is 1.02. The molecule has 1 aromatic heterocycles. The summed E-state index contributed by atoms with van der Waals surface area (Å²) in [5.74, 6) is -3.27. The predicted molar refractivity (Wildman–Crippen MR) is 180 cm³/mol. The monoisotopic (exact) mass is 666 g/mol. The van der Waals surface area contributed by atoms with Crippen molar-refractivity contribution in [2.45, 2.75) is 102 Å². The van der Waals surface area contributed by atoms with Crippen LogP contribution in [0.1, 0.15) is 94.1 Å². The van der Waals surface area contributed by atoms with E-state index in [9.17, 15) is 18.4 Å². The standard InChI is InChI=1S/C35H48F2N8O3/c1-22-9-10-29(17-23(2)45(24(3)38)31(39)28-20-43(21-28)34-40-18-27(19-41-34)33(47)48)44(22)16-13-30(25-7-5-4-6-8-25)42-32(46)26-11-14-35(36,37)15-12-26/h4-8,18-19,22-23,26,28-30,38-39H,9-17,20-21H2,1-3H3,(H,42,46)(H,47,48). The quantitative estimate of drug-likeness (QED) is 0.169. The summed E-state index contributed by atoms with van der Waals surface area (Å²) in [7, 11) is 0. The number of halogens is 2. The minimum Gasteiger partial charge on any atom is -0.478 e. The molecule has 1 aromatic carbocycles. The Morgan fingerprint density at radius 3 is 2.31 bits per heavy atom. The molecule has 1 saturated carbocycles. The van der Waals surface area contributed by atoms with Crippen LogP contribution in [0.5, 0.6) is 0 Å². The highest BCUT2D eigenvalue weighted by molar-refractivity contribution is 5.99. The second-order valence-electron chi connectivity index (χ2n) is 13.8. The molecule has 2 aliphatic heterocycles. The van der Waals surface area contributed by atoms with E-state index in [4.69, 9.17) is 15.9 Å². The Kier molecular flexibility index (Phi) is 11.1. The van der Waals surface area contributed by atoms with Gasteiger partial charge in [-0.15, -0.1) is 0 Å². The third kappa shape index (κ3) is 8.34. The van der Waals surface area contributed by atoms with Gasteiger partial charge in [-0.25, -0.2) is 23.5 Å². The first kappa shape index (κ1) is 35.3. The minimum atomic E-state index is -2.68. The number of hydrogen-bond donors (Lipinski definition) is 4. The van der Waals surface area contributed by atoms with Gasteiger partial charge in [0.05, 0.1) is 23.4 Å². The smallest absolute Gasteiger partial charge is 0.338 e. The number of carbonyl (C=O) groups is 2. The number of nitrogens with one attached hydrogen (secondary N) is 3. The van der Waals surface area contributed by atoms with Crippen molar-refractivity contribution in [1.82, 2.24) is 25.1 Å². The van der Waals surface area contributed by atoms with E-state index in [-0.39, 0.29) is 61.2 Å². The summed E-state index contributed by atoms with van der Waals surface area (Å²) in [5, 5.41) is 29.9. The van der Waals surface area contributed by atoms with E-state index in [1.165, 1.54) is 12.4 Å². The molecule has 260 valence electrons. The molecule has 4 atom stereocenters. The first-order chi connectivity index (χ1) is 22.8. The maximum absolute atomic E-state index is 13.8. The van der Waals surface area contributed by atoms with Crippen LogP contribution in [0.25, 0.3) is 0 Å². The summed E-state index contributed by atoms with van der Waals surface area (Å²) in [6, 6.07) is 10.1. The first-order valence-electron chi connectivity index (χ1n) is 17.0. The maximum Gasteiger partial charge on any atom is 0.338 e. The Bertz CT molecular complexity index is 1440. The van der Waals surface area contributed by atoms with Gasteiger partial charge in [0.2, 0.25) is 17.8 Å². The Labute approximate surface area is 281 Å². The molecular weight excluding hydrogens is 618 g/mol. The number of carboxylic acid groups (broad SMARTS) is 1. The molecule has 1 aliphatic carbocycles. The SMILES string of the molecule is CC(=N)N(C(=N)C1CN(c2ncc(C(=O)O)cn2)C1)C(C)CC1CCC(C)N1CCC(NC(=O)C1CCC(F)(F)CC1)c1ccccc1. The highest BCUT2D eigenvalue weighted by Gasteiger charge is 2.40. The molecule has 4 N–H and O–H groups in total. The molecule has 48 heavy (non-hydrogen) atoms. The molecule has 2 aromatic rings. The fourth-order valence-corrected chi connectivity index (χ4v) is 7.51. The van der Waals surface area contributed by atoms with Crippen molar-refractivity contribution in [3.8, 4) is 0 Å². The number of likely N-dealkylation sites (tertiary alicyclic amines) is 1. The van der Waals surface area contributed by atoms with Crippen LogP contribution in [-0.2, 0) is 4.79 Å². The summed E-state index contributed by atoms with van der Waals surface area (Å²) < 4.78 is 27.5. The molecule has 13 heteroatoms. The zero-order chi connectivity index (χ0) is 34.6. The fraction of sp³-hybridized carbons (Fsp3) is 0.600. The molecule has 3 aliphatic rings. The first-order valence-corrected chi connectivity index (χ1v) is 17.0. The Morgan fingerprint density at radius 2 is 1.71 bits per heavy atom. The number of carbonyl (C=O) groups excluding carboxylic acids is 1. The van der Waals surface area contributed by atoms with Gasteiger partial charge in [0.25, 0.3) is 0 Å². The highest BCUT2D eigenvalue weighted by atomic mass is 19.3. The van der Waals surface area contributed by atoms with E-state index in [2.05, 4.69) is 34.0 Å². The van der Waals surface area contributed by atoms with E-state index in [1.54, 1.807) is 6.92 Å². The van der Waals surface area contributed by atoms with Crippen LogP contribution in [0.15, 0.2) is 42.7 Å². The van der Waals surface area contributed by atoms with Crippen molar-refractivity contribution in [1.29, 1.82) is 10.8 Å². The minimum absolute atomic E-state index is 0.0211. The van der Waals surface area contributed by atoms with Gasteiger partial charge < -0.3 is 20.2 Å². The average Bonchev–Trinajstić information content (AvgIpc) is 3.36. The number of hydrogen-bond acceptors (Lipinski definition) is 8. The van der Waals surface area contributed by atoms with Crippen LogP contribution in [0.3, 0.4) is 0 Å². The number of carboxylic acids is 1. The second kappa shape index (κ2) is 15.0. The Balaban J connectivity index is 1.19. The average molecular weight is 667 g/mol. The number of amides is 1. The molecule has 1 amide bonds. The van der Waals surface area contributed by atoms with Gasteiger partial charge >= 0.3 is 5.97 Å². The van der Waals surface area contributed by atoms with Crippen molar-refractivity contribution in [3.63, 3.8) is 0 Å². The third-order valence-corrected chi connectivity index (χ3v) is 10.3. The maximum atomic E-state index is 13.8. The number of alkyl halides is 2. The summed E-state index contributed by atoms with van der Waals surface area (Å²) in [4.78, 5) is 38.9. The largest absolute Gasteiger partial charge is 0.478 e. The van der Waals surface area contributed by atoms with Crippen molar-refractivity contribution in [3.05, 3.63) is 53.9 Å². The van der Waals surface area contributed by atoms with Crippen LogP contribution >= 0.6 is 0 Å². The van der Waals surface area contributed by atoms with E-state index >= 15 is 0 Å². The molecule has 3 heterocycles. The number of aromatic carboxylic acids is 1. The number of aromatic nitrogens is 2. The molecule has 0 bridgehead atoms. The second-order valence-corrected chi connectivity index (χ2v) is 13.8. The summed E-state index contributed by atoms with van der Waals surface area (Å²) in [6.45, 7) is 7.79. The van der Waals surface area contributed by atoms with Gasteiger partial charge in [-0.05, 0) is 64.9 Å². The lowest BCUT2D eigenvalue weighted by Gasteiger charge is -2.44. The van der Waals surface area contributed by atoms with Crippen molar-refractivity contribution in [2.24, 2.45) is 11.8 Å². The number of anilines is 1. The fourth-order valence-electron chi connectivity index (χ4n) is 7.51. The van der Waals surface area contributed by atoms with E-state index < -0.39 is 17.8 Å². The molecule has 11 nitrogen and oxygen atoms in total.